The molecule has 1 unspecified atom stereocenters. The fourth-order valence-electron chi connectivity index (χ4n) is 2.08. The zero-order chi connectivity index (χ0) is 14.5. The lowest BCUT2D eigenvalue weighted by atomic mass is 10.1. The third-order valence-corrected chi connectivity index (χ3v) is 3.60. The second-order valence-corrected chi connectivity index (χ2v) is 5.10. The largest absolute Gasteiger partial charge is 0.387 e. The van der Waals surface area contributed by atoms with Crippen LogP contribution in [-0.2, 0) is 0 Å². The average molecular weight is 294 g/mol. The molecule has 0 aliphatic carbocycles. The van der Waals surface area contributed by atoms with Gasteiger partial charge in [-0.05, 0) is 19.1 Å². The van der Waals surface area contributed by atoms with Crippen LogP contribution in [0, 0.1) is 5.82 Å². The van der Waals surface area contributed by atoms with Crippen LogP contribution in [0.5, 0.6) is 0 Å². The van der Waals surface area contributed by atoms with E-state index in [2.05, 4.69) is 5.32 Å². The highest BCUT2D eigenvalue weighted by Gasteiger charge is 2.14. The van der Waals surface area contributed by atoms with Gasteiger partial charge in [-0.1, -0.05) is 48.0 Å². The quantitative estimate of drug-likeness (QED) is 0.877. The van der Waals surface area contributed by atoms with E-state index in [1.54, 1.807) is 30.3 Å². The molecule has 0 fully saturated rings. The Bertz CT molecular complexity index is 524. The lowest BCUT2D eigenvalue weighted by Gasteiger charge is -2.18. The number of aliphatic hydroxyl groups is 1. The van der Waals surface area contributed by atoms with Gasteiger partial charge in [-0.15, -0.1) is 0 Å². The third-order valence-electron chi connectivity index (χ3n) is 3.25. The van der Waals surface area contributed by atoms with Crippen molar-refractivity contribution in [2.45, 2.75) is 19.1 Å². The molecule has 2 aromatic rings. The van der Waals surface area contributed by atoms with Crippen molar-refractivity contribution in [2.75, 3.05) is 6.54 Å². The van der Waals surface area contributed by atoms with Crippen LogP contribution in [0.4, 0.5) is 4.39 Å². The van der Waals surface area contributed by atoms with Gasteiger partial charge in [0.25, 0.3) is 0 Å². The van der Waals surface area contributed by atoms with Crippen molar-refractivity contribution in [3.05, 3.63) is 70.5 Å². The summed E-state index contributed by atoms with van der Waals surface area (Å²) in [5, 5.41) is 13.8. The third kappa shape index (κ3) is 3.57. The smallest absolute Gasteiger partial charge is 0.127 e. The summed E-state index contributed by atoms with van der Waals surface area (Å²) in [5.74, 6) is -0.250. The van der Waals surface area contributed by atoms with Gasteiger partial charge < -0.3 is 10.4 Å². The van der Waals surface area contributed by atoms with E-state index in [1.807, 2.05) is 19.1 Å². The lowest BCUT2D eigenvalue weighted by molar-refractivity contribution is 0.170. The summed E-state index contributed by atoms with van der Waals surface area (Å²) in [6, 6.07) is 13.6. The van der Waals surface area contributed by atoms with E-state index in [9.17, 15) is 9.50 Å². The summed E-state index contributed by atoms with van der Waals surface area (Å²) < 4.78 is 13.6. The second kappa shape index (κ2) is 6.84. The van der Waals surface area contributed by atoms with Crippen LogP contribution >= 0.6 is 11.6 Å². The predicted molar refractivity (Wildman–Crippen MR) is 79.2 cm³/mol. The van der Waals surface area contributed by atoms with Gasteiger partial charge >= 0.3 is 0 Å². The number of aliphatic hydroxyl groups excluding tert-OH is 1. The van der Waals surface area contributed by atoms with Crippen LogP contribution < -0.4 is 5.32 Å². The van der Waals surface area contributed by atoms with Gasteiger partial charge in [0.1, 0.15) is 5.82 Å². The summed E-state index contributed by atoms with van der Waals surface area (Å²) in [4.78, 5) is 0. The molecule has 2 rings (SSSR count). The van der Waals surface area contributed by atoms with E-state index >= 15 is 0 Å². The van der Waals surface area contributed by atoms with E-state index in [-0.39, 0.29) is 11.9 Å². The van der Waals surface area contributed by atoms with Crippen molar-refractivity contribution >= 4 is 11.6 Å². The van der Waals surface area contributed by atoms with E-state index in [1.165, 1.54) is 6.07 Å². The molecule has 0 aliphatic rings. The number of rotatable bonds is 5. The van der Waals surface area contributed by atoms with Crippen molar-refractivity contribution < 1.29 is 9.50 Å². The monoisotopic (exact) mass is 293 g/mol. The summed E-state index contributed by atoms with van der Waals surface area (Å²) in [5.41, 5.74) is 1.25. The summed E-state index contributed by atoms with van der Waals surface area (Å²) in [6.07, 6.45) is -0.724. The summed E-state index contributed by atoms with van der Waals surface area (Å²) in [6.45, 7) is 2.16. The molecule has 2 atom stereocenters. The minimum absolute atomic E-state index is 0.187. The molecule has 2 aromatic carbocycles. The average Bonchev–Trinajstić information content (AvgIpc) is 2.45. The Hall–Kier alpha value is -1.42. The van der Waals surface area contributed by atoms with Crippen LogP contribution in [0.3, 0.4) is 0 Å². The summed E-state index contributed by atoms with van der Waals surface area (Å²) >= 11 is 6.03. The fourth-order valence-corrected chi connectivity index (χ4v) is 2.34. The van der Waals surface area contributed by atoms with Crippen molar-refractivity contribution in [1.82, 2.24) is 5.32 Å². The first kappa shape index (κ1) is 15.0. The highest BCUT2D eigenvalue weighted by Crippen LogP contribution is 2.23. The Labute approximate surface area is 123 Å². The SMILES string of the molecule is C[C@@H](NCC(O)c1ccccc1Cl)c1ccccc1F. The first-order chi connectivity index (χ1) is 9.59. The first-order valence-corrected chi connectivity index (χ1v) is 6.87. The zero-order valence-electron chi connectivity index (χ0n) is 11.2. The van der Waals surface area contributed by atoms with Crippen molar-refractivity contribution in [2.24, 2.45) is 0 Å². The number of benzene rings is 2. The fraction of sp³-hybridized carbons (Fsp3) is 0.250. The molecule has 0 bridgehead atoms. The number of halogens is 2. The predicted octanol–water partition coefficient (Wildman–Crippen LogP) is 3.86. The molecule has 2 N–H and O–H groups in total. The van der Waals surface area contributed by atoms with Gasteiger partial charge in [0.15, 0.2) is 0 Å². The number of hydrogen-bond donors (Lipinski definition) is 2. The molecule has 20 heavy (non-hydrogen) atoms. The molecular formula is C16H17ClFNO. The number of nitrogens with one attached hydrogen (secondary N) is 1. The first-order valence-electron chi connectivity index (χ1n) is 6.50. The van der Waals surface area contributed by atoms with E-state index in [0.717, 1.165) is 0 Å². The van der Waals surface area contributed by atoms with Crippen molar-refractivity contribution in [1.29, 1.82) is 0 Å². The molecule has 106 valence electrons. The maximum atomic E-state index is 13.6. The molecule has 0 radical (unpaired) electrons. The molecular weight excluding hydrogens is 277 g/mol. The lowest BCUT2D eigenvalue weighted by Crippen LogP contribution is -2.25. The Balaban J connectivity index is 1.99. The molecule has 4 heteroatoms. The Morgan fingerprint density at radius 2 is 1.70 bits per heavy atom. The normalized spacial score (nSPS) is 14.0. The maximum absolute atomic E-state index is 13.6. The standard InChI is InChI=1S/C16H17ClFNO/c1-11(12-6-3-5-9-15(12)18)19-10-16(20)13-7-2-4-8-14(13)17/h2-9,11,16,19-20H,10H2,1H3/t11-,16?/m1/s1. The van der Waals surface area contributed by atoms with Crippen LogP contribution in [0.25, 0.3) is 0 Å². The van der Waals surface area contributed by atoms with Gasteiger partial charge in [-0.3, -0.25) is 0 Å². The van der Waals surface area contributed by atoms with E-state index in [0.29, 0.717) is 22.7 Å². The van der Waals surface area contributed by atoms with Gasteiger partial charge in [0.05, 0.1) is 6.10 Å². The topological polar surface area (TPSA) is 32.3 Å². The van der Waals surface area contributed by atoms with Gasteiger partial charge in [-0.2, -0.15) is 0 Å². The Morgan fingerprint density at radius 1 is 1.10 bits per heavy atom. The Kier molecular flexibility index (Phi) is 5.12. The second-order valence-electron chi connectivity index (χ2n) is 4.69. The van der Waals surface area contributed by atoms with Crippen LogP contribution in [0.2, 0.25) is 5.02 Å². The molecule has 0 heterocycles. The van der Waals surface area contributed by atoms with Gasteiger partial charge in [0.2, 0.25) is 0 Å². The van der Waals surface area contributed by atoms with E-state index in [4.69, 9.17) is 11.6 Å². The van der Waals surface area contributed by atoms with Crippen LogP contribution in [-0.4, -0.2) is 11.7 Å². The van der Waals surface area contributed by atoms with Crippen molar-refractivity contribution in [3.63, 3.8) is 0 Å². The summed E-state index contributed by atoms with van der Waals surface area (Å²) in [7, 11) is 0. The van der Waals surface area contributed by atoms with Crippen LogP contribution in [0.15, 0.2) is 48.5 Å². The zero-order valence-corrected chi connectivity index (χ0v) is 11.9. The Morgan fingerprint density at radius 3 is 2.35 bits per heavy atom. The van der Waals surface area contributed by atoms with Crippen molar-refractivity contribution in [3.8, 4) is 0 Å². The van der Waals surface area contributed by atoms with E-state index < -0.39 is 6.10 Å². The highest BCUT2D eigenvalue weighted by molar-refractivity contribution is 6.31. The highest BCUT2D eigenvalue weighted by atomic mass is 35.5. The molecule has 0 amide bonds. The molecule has 0 saturated heterocycles. The van der Waals surface area contributed by atoms with Gasteiger partial charge in [-0.25, -0.2) is 4.39 Å². The minimum Gasteiger partial charge on any atom is -0.387 e. The molecule has 0 aliphatic heterocycles. The number of hydrogen-bond acceptors (Lipinski definition) is 2. The molecule has 2 nitrogen and oxygen atoms in total. The molecule has 0 spiro atoms. The molecule has 0 saturated carbocycles. The molecule has 0 aromatic heterocycles. The maximum Gasteiger partial charge on any atom is 0.127 e. The minimum atomic E-state index is -0.724. The van der Waals surface area contributed by atoms with Gasteiger partial charge in [0, 0.05) is 28.7 Å². The van der Waals surface area contributed by atoms with Crippen LogP contribution in [0.1, 0.15) is 30.2 Å².